The highest BCUT2D eigenvalue weighted by molar-refractivity contribution is 14.0. The highest BCUT2D eigenvalue weighted by Crippen LogP contribution is 2.19. The lowest BCUT2D eigenvalue weighted by atomic mass is 10.1. The summed E-state index contributed by atoms with van der Waals surface area (Å²) in [6, 6.07) is 9.61. The van der Waals surface area contributed by atoms with Gasteiger partial charge in [0.05, 0.1) is 11.8 Å². The normalized spacial score (nSPS) is 12.6. The molecular formula is C19H28ClIN4O2. The first-order valence-corrected chi connectivity index (χ1v) is 9.17. The van der Waals surface area contributed by atoms with Crippen molar-refractivity contribution >= 4 is 41.5 Å². The highest BCUT2D eigenvalue weighted by atomic mass is 127. The molecule has 0 fully saturated rings. The Kier molecular flexibility index (Phi) is 10.7. The van der Waals surface area contributed by atoms with Crippen molar-refractivity contribution < 1.29 is 9.26 Å². The van der Waals surface area contributed by atoms with Gasteiger partial charge in [-0.15, -0.1) is 24.0 Å². The highest BCUT2D eigenvalue weighted by Gasteiger charge is 2.12. The van der Waals surface area contributed by atoms with Crippen molar-refractivity contribution in [2.75, 3.05) is 20.2 Å². The van der Waals surface area contributed by atoms with Crippen LogP contribution in [0.5, 0.6) is 0 Å². The van der Waals surface area contributed by atoms with Gasteiger partial charge < -0.3 is 19.9 Å². The molecule has 1 unspecified atom stereocenters. The van der Waals surface area contributed by atoms with Gasteiger partial charge in [-0.1, -0.05) is 42.7 Å². The Morgan fingerprint density at radius 2 is 2.07 bits per heavy atom. The zero-order valence-corrected chi connectivity index (χ0v) is 19.2. The first-order valence-electron chi connectivity index (χ1n) is 8.79. The predicted molar refractivity (Wildman–Crippen MR) is 120 cm³/mol. The molecule has 0 spiro atoms. The summed E-state index contributed by atoms with van der Waals surface area (Å²) in [6.45, 7) is 7.93. The molecule has 2 N–H and O–H groups in total. The second kappa shape index (κ2) is 12.2. The van der Waals surface area contributed by atoms with Crippen molar-refractivity contribution in [2.45, 2.75) is 39.3 Å². The summed E-state index contributed by atoms with van der Waals surface area (Å²) in [5.41, 5.74) is 1.95. The topological polar surface area (TPSA) is 71.7 Å². The molecule has 1 atom stereocenters. The lowest BCUT2D eigenvalue weighted by Crippen LogP contribution is -2.39. The average molecular weight is 507 g/mol. The van der Waals surface area contributed by atoms with Gasteiger partial charge in [0.15, 0.2) is 11.7 Å². The van der Waals surface area contributed by atoms with Crippen molar-refractivity contribution in [1.29, 1.82) is 0 Å². The number of hydrogen-bond donors (Lipinski definition) is 2. The third kappa shape index (κ3) is 7.67. The molecule has 1 heterocycles. The molecule has 2 aromatic rings. The fourth-order valence-corrected chi connectivity index (χ4v) is 2.61. The number of halogens is 2. The number of nitrogens with zero attached hydrogens (tertiary/aromatic N) is 2. The Balaban J connectivity index is 0.00000364. The number of rotatable bonds is 8. The molecule has 1 aromatic heterocycles. The largest absolute Gasteiger partial charge is 0.375 e. The maximum atomic E-state index is 6.07. The monoisotopic (exact) mass is 506 g/mol. The van der Waals surface area contributed by atoms with E-state index in [2.05, 4.69) is 34.6 Å². The van der Waals surface area contributed by atoms with Crippen molar-refractivity contribution in [1.82, 2.24) is 15.8 Å². The van der Waals surface area contributed by atoms with E-state index >= 15 is 0 Å². The Labute approximate surface area is 183 Å². The number of benzene rings is 1. The fourth-order valence-electron chi connectivity index (χ4n) is 2.41. The Hall–Kier alpha value is -1.32. The molecule has 150 valence electrons. The van der Waals surface area contributed by atoms with Gasteiger partial charge in [-0.05, 0) is 30.5 Å². The van der Waals surface area contributed by atoms with Crippen LogP contribution in [0, 0.1) is 0 Å². The number of aliphatic imine (C=N–C) groups is 1. The van der Waals surface area contributed by atoms with Crippen LogP contribution in [-0.2, 0) is 11.3 Å². The summed E-state index contributed by atoms with van der Waals surface area (Å²) in [7, 11) is 1.68. The van der Waals surface area contributed by atoms with Crippen LogP contribution in [0.2, 0.25) is 5.02 Å². The molecule has 0 aliphatic rings. The molecule has 0 aliphatic heterocycles. The van der Waals surface area contributed by atoms with Crippen LogP contribution in [0.1, 0.15) is 49.8 Å². The maximum absolute atomic E-state index is 6.07. The van der Waals surface area contributed by atoms with E-state index in [1.54, 1.807) is 7.11 Å². The van der Waals surface area contributed by atoms with Gasteiger partial charge in [0.1, 0.15) is 6.54 Å². The van der Waals surface area contributed by atoms with E-state index in [-0.39, 0.29) is 30.1 Å². The van der Waals surface area contributed by atoms with E-state index in [4.69, 9.17) is 20.9 Å². The number of hydrogen-bond acceptors (Lipinski definition) is 4. The Morgan fingerprint density at radius 1 is 1.30 bits per heavy atom. The standard InChI is InChI=1S/C19H27ClN4O2.HI/c1-5-21-19(22-11-16-10-17(13(2)3)24-26-16)23-12-18(25-4)14-7-6-8-15(20)9-14;/h6-10,13,18H,5,11-12H2,1-4H3,(H2,21,22,23);1H. The van der Waals surface area contributed by atoms with Gasteiger partial charge >= 0.3 is 0 Å². The first-order chi connectivity index (χ1) is 12.5. The molecule has 0 saturated carbocycles. The zero-order valence-electron chi connectivity index (χ0n) is 16.2. The quantitative estimate of drug-likeness (QED) is 0.313. The van der Waals surface area contributed by atoms with Crippen LogP contribution in [0.15, 0.2) is 39.8 Å². The second-order valence-electron chi connectivity index (χ2n) is 6.23. The molecule has 2 rings (SSSR count). The molecule has 0 radical (unpaired) electrons. The summed E-state index contributed by atoms with van der Waals surface area (Å²) < 4.78 is 10.9. The van der Waals surface area contributed by atoms with E-state index in [1.807, 2.05) is 37.3 Å². The molecule has 0 amide bonds. The molecule has 27 heavy (non-hydrogen) atoms. The Bertz CT molecular complexity index is 721. The van der Waals surface area contributed by atoms with Crippen LogP contribution in [-0.4, -0.2) is 31.3 Å². The van der Waals surface area contributed by atoms with Gasteiger partial charge in [0.25, 0.3) is 0 Å². The number of guanidine groups is 1. The lowest BCUT2D eigenvalue weighted by molar-refractivity contribution is 0.106. The number of methoxy groups -OCH3 is 1. The van der Waals surface area contributed by atoms with Crippen molar-refractivity contribution in [3.05, 3.63) is 52.4 Å². The van der Waals surface area contributed by atoms with Crippen LogP contribution in [0.4, 0.5) is 0 Å². The SMILES string of the molecule is CCNC(=NCc1cc(C(C)C)no1)NCC(OC)c1cccc(Cl)c1.I. The van der Waals surface area contributed by atoms with Gasteiger partial charge in [-0.3, -0.25) is 0 Å². The minimum absolute atomic E-state index is 0. The number of nitrogens with one attached hydrogen (secondary N) is 2. The summed E-state index contributed by atoms with van der Waals surface area (Å²) in [4.78, 5) is 4.55. The first kappa shape index (κ1) is 23.7. The molecule has 0 aliphatic carbocycles. The zero-order chi connectivity index (χ0) is 18.9. The third-order valence-corrected chi connectivity index (χ3v) is 4.10. The third-order valence-electron chi connectivity index (χ3n) is 3.87. The fraction of sp³-hybridized carbons (Fsp3) is 0.474. The van der Waals surface area contributed by atoms with Crippen molar-refractivity contribution in [3.63, 3.8) is 0 Å². The van der Waals surface area contributed by atoms with E-state index in [0.717, 1.165) is 23.6 Å². The molecule has 1 aromatic carbocycles. The molecule has 6 nitrogen and oxygen atoms in total. The lowest BCUT2D eigenvalue weighted by Gasteiger charge is -2.18. The van der Waals surface area contributed by atoms with Gasteiger partial charge in [-0.2, -0.15) is 0 Å². The van der Waals surface area contributed by atoms with E-state index in [0.29, 0.717) is 30.0 Å². The van der Waals surface area contributed by atoms with Crippen molar-refractivity contribution in [3.8, 4) is 0 Å². The van der Waals surface area contributed by atoms with E-state index in [9.17, 15) is 0 Å². The number of aromatic nitrogens is 1. The van der Waals surface area contributed by atoms with Crippen LogP contribution >= 0.6 is 35.6 Å². The van der Waals surface area contributed by atoms with Crippen LogP contribution in [0.25, 0.3) is 0 Å². The van der Waals surface area contributed by atoms with Gasteiger partial charge in [0, 0.05) is 31.3 Å². The summed E-state index contributed by atoms with van der Waals surface area (Å²) in [6.07, 6.45) is -0.129. The van der Waals surface area contributed by atoms with Gasteiger partial charge in [-0.25, -0.2) is 4.99 Å². The average Bonchev–Trinajstić information content (AvgIpc) is 3.09. The summed E-state index contributed by atoms with van der Waals surface area (Å²) in [5.74, 6) is 1.77. The minimum Gasteiger partial charge on any atom is -0.375 e. The predicted octanol–water partition coefficient (Wildman–Crippen LogP) is 4.51. The molecule has 0 bridgehead atoms. The van der Waals surface area contributed by atoms with E-state index in [1.165, 1.54) is 0 Å². The smallest absolute Gasteiger partial charge is 0.191 e. The summed E-state index contributed by atoms with van der Waals surface area (Å²) >= 11 is 6.07. The summed E-state index contributed by atoms with van der Waals surface area (Å²) in [5, 5.41) is 11.3. The molecule has 8 heteroatoms. The van der Waals surface area contributed by atoms with Gasteiger partial charge in [0.2, 0.25) is 0 Å². The molecular weight excluding hydrogens is 479 g/mol. The van der Waals surface area contributed by atoms with Crippen molar-refractivity contribution in [2.24, 2.45) is 4.99 Å². The van der Waals surface area contributed by atoms with Crippen LogP contribution < -0.4 is 10.6 Å². The minimum atomic E-state index is -0.129. The van der Waals surface area contributed by atoms with Crippen LogP contribution in [0.3, 0.4) is 0 Å². The second-order valence-corrected chi connectivity index (χ2v) is 6.66. The Morgan fingerprint density at radius 3 is 2.67 bits per heavy atom. The molecule has 0 saturated heterocycles. The maximum Gasteiger partial charge on any atom is 0.191 e. The van der Waals surface area contributed by atoms with E-state index < -0.39 is 0 Å². The number of ether oxygens (including phenoxy) is 1.